The molecule has 0 spiro atoms. The number of hydrogen-bond acceptors (Lipinski definition) is 2. The summed E-state index contributed by atoms with van der Waals surface area (Å²) in [6, 6.07) is 4.53. The first-order valence-corrected chi connectivity index (χ1v) is 7.31. The van der Waals surface area contributed by atoms with Crippen molar-refractivity contribution < 1.29 is 5.11 Å². The molecular weight excluding hydrogens is 234 g/mol. The maximum Gasteiger partial charge on any atom is 0.0476 e. The molecule has 2 heteroatoms. The molecule has 1 aromatic carbocycles. The normalized spacial score (nSPS) is 22.6. The molecule has 1 aliphatic rings. The van der Waals surface area contributed by atoms with Crippen LogP contribution < -0.4 is 4.90 Å². The van der Waals surface area contributed by atoms with Gasteiger partial charge in [0.15, 0.2) is 0 Å². The largest absolute Gasteiger partial charge is 0.396 e. The van der Waals surface area contributed by atoms with E-state index in [1.54, 1.807) is 0 Å². The Labute approximate surface area is 117 Å². The molecule has 1 fully saturated rings. The number of benzene rings is 1. The number of aliphatic hydroxyl groups excluding tert-OH is 1. The van der Waals surface area contributed by atoms with E-state index in [1.165, 1.54) is 22.4 Å². The van der Waals surface area contributed by atoms with Crippen molar-refractivity contribution >= 4 is 5.69 Å². The minimum absolute atomic E-state index is 0.177. The lowest BCUT2D eigenvalue weighted by atomic mass is 9.83. The molecule has 19 heavy (non-hydrogen) atoms. The van der Waals surface area contributed by atoms with Gasteiger partial charge in [0.25, 0.3) is 0 Å². The third-order valence-electron chi connectivity index (χ3n) is 4.50. The Morgan fingerprint density at radius 2 is 1.79 bits per heavy atom. The number of nitrogens with zero attached hydrogens (tertiary/aromatic N) is 1. The first-order chi connectivity index (χ1) is 8.85. The van der Waals surface area contributed by atoms with Gasteiger partial charge in [-0.05, 0) is 64.5 Å². The highest BCUT2D eigenvalue weighted by atomic mass is 16.3. The summed E-state index contributed by atoms with van der Waals surface area (Å²) < 4.78 is 0. The van der Waals surface area contributed by atoms with E-state index in [0.29, 0.717) is 12.5 Å². The summed E-state index contributed by atoms with van der Waals surface area (Å²) in [6.45, 7) is 12.5. The molecule has 0 aliphatic carbocycles. The van der Waals surface area contributed by atoms with Gasteiger partial charge in [-0.25, -0.2) is 0 Å². The monoisotopic (exact) mass is 261 g/mol. The molecule has 2 nitrogen and oxygen atoms in total. The fourth-order valence-electron chi connectivity index (χ4n) is 3.43. The average Bonchev–Trinajstić information content (AvgIpc) is 2.30. The van der Waals surface area contributed by atoms with Crippen molar-refractivity contribution in [1.82, 2.24) is 0 Å². The van der Waals surface area contributed by atoms with Gasteiger partial charge in [0.2, 0.25) is 0 Å². The molecule has 1 aromatic rings. The van der Waals surface area contributed by atoms with E-state index >= 15 is 0 Å². The van der Waals surface area contributed by atoms with Gasteiger partial charge < -0.3 is 10.0 Å². The predicted octanol–water partition coefficient (Wildman–Crippen LogP) is 3.60. The fraction of sp³-hybridized carbons (Fsp3) is 0.647. The standard InChI is InChI=1S/C17H27NO/c1-12-8-13(2)16(14(3)9-12)18-10-15(11-19)6-7-17(18,4)5/h8-9,15,19H,6-7,10-11H2,1-5H3. The van der Waals surface area contributed by atoms with Crippen LogP contribution in [0.3, 0.4) is 0 Å². The van der Waals surface area contributed by atoms with Gasteiger partial charge in [-0.3, -0.25) is 0 Å². The molecular formula is C17H27NO. The van der Waals surface area contributed by atoms with E-state index in [2.05, 4.69) is 51.7 Å². The van der Waals surface area contributed by atoms with Crippen LogP contribution in [0.5, 0.6) is 0 Å². The smallest absolute Gasteiger partial charge is 0.0476 e. The Morgan fingerprint density at radius 1 is 1.21 bits per heavy atom. The van der Waals surface area contributed by atoms with Crippen molar-refractivity contribution in [3.8, 4) is 0 Å². The summed E-state index contributed by atoms with van der Waals surface area (Å²) in [5.74, 6) is 0.410. The van der Waals surface area contributed by atoms with E-state index in [-0.39, 0.29) is 5.54 Å². The zero-order valence-electron chi connectivity index (χ0n) is 13.0. The minimum atomic E-state index is 0.177. The third-order valence-corrected chi connectivity index (χ3v) is 4.50. The molecule has 0 aromatic heterocycles. The second-order valence-electron chi connectivity index (χ2n) is 6.76. The highest BCUT2D eigenvalue weighted by Crippen LogP contribution is 2.38. The second kappa shape index (κ2) is 5.16. The number of piperidine rings is 1. The summed E-state index contributed by atoms with van der Waals surface area (Å²) in [7, 11) is 0. The maximum absolute atomic E-state index is 9.48. The zero-order chi connectivity index (χ0) is 14.2. The molecule has 0 radical (unpaired) electrons. The van der Waals surface area contributed by atoms with Crippen LogP contribution in [0.15, 0.2) is 12.1 Å². The Morgan fingerprint density at radius 3 is 2.32 bits per heavy atom. The number of hydrogen-bond donors (Lipinski definition) is 1. The third kappa shape index (κ3) is 2.79. The first-order valence-electron chi connectivity index (χ1n) is 7.31. The van der Waals surface area contributed by atoms with Crippen LogP contribution in [-0.2, 0) is 0 Å². The van der Waals surface area contributed by atoms with Gasteiger partial charge in [0.1, 0.15) is 0 Å². The fourth-order valence-corrected chi connectivity index (χ4v) is 3.43. The lowest BCUT2D eigenvalue weighted by Crippen LogP contribution is -2.51. The van der Waals surface area contributed by atoms with Crippen LogP contribution in [0.2, 0.25) is 0 Å². The number of aliphatic hydroxyl groups is 1. The molecule has 1 atom stereocenters. The van der Waals surface area contributed by atoms with Gasteiger partial charge >= 0.3 is 0 Å². The summed E-state index contributed by atoms with van der Waals surface area (Å²) >= 11 is 0. The molecule has 1 N–H and O–H groups in total. The highest BCUT2D eigenvalue weighted by molar-refractivity contribution is 5.62. The second-order valence-corrected chi connectivity index (χ2v) is 6.76. The molecule has 1 saturated heterocycles. The average molecular weight is 261 g/mol. The van der Waals surface area contributed by atoms with Crippen LogP contribution in [0, 0.1) is 26.7 Å². The number of anilines is 1. The minimum Gasteiger partial charge on any atom is -0.396 e. The quantitative estimate of drug-likeness (QED) is 0.879. The lowest BCUT2D eigenvalue weighted by Gasteiger charge is -2.48. The zero-order valence-corrected chi connectivity index (χ0v) is 13.0. The van der Waals surface area contributed by atoms with Gasteiger partial charge in [-0.2, -0.15) is 0 Å². The van der Waals surface area contributed by atoms with Crippen LogP contribution in [-0.4, -0.2) is 23.8 Å². The molecule has 1 unspecified atom stereocenters. The molecule has 2 rings (SSSR count). The van der Waals surface area contributed by atoms with E-state index in [0.717, 1.165) is 19.4 Å². The number of aryl methyl sites for hydroxylation is 3. The van der Waals surface area contributed by atoms with Crippen LogP contribution >= 0.6 is 0 Å². The SMILES string of the molecule is Cc1cc(C)c(N2CC(CO)CCC2(C)C)c(C)c1. The number of rotatable bonds is 2. The molecule has 0 bridgehead atoms. The predicted molar refractivity (Wildman–Crippen MR) is 81.9 cm³/mol. The van der Waals surface area contributed by atoms with E-state index in [1.807, 2.05) is 0 Å². The maximum atomic E-state index is 9.48. The van der Waals surface area contributed by atoms with Crippen molar-refractivity contribution in [2.75, 3.05) is 18.1 Å². The Bertz CT molecular complexity index is 441. The van der Waals surface area contributed by atoms with Crippen LogP contribution in [0.4, 0.5) is 5.69 Å². The topological polar surface area (TPSA) is 23.5 Å². The Kier molecular flexibility index (Phi) is 3.91. The van der Waals surface area contributed by atoms with Gasteiger partial charge in [-0.1, -0.05) is 17.7 Å². The summed E-state index contributed by atoms with van der Waals surface area (Å²) in [5.41, 5.74) is 5.57. The molecule has 1 aliphatic heterocycles. The Balaban J connectivity index is 2.43. The van der Waals surface area contributed by atoms with Gasteiger partial charge in [-0.15, -0.1) is 0 Å². The Hall–Kier alpha value is -1.02. The lowest BCUT2D eigenvalue weighted by molar-refractivity contribution is 0.181. The highest BCUT2D eigenvalue weighted by Gasteiger charge is 2.35. The molecule has 1 heterocycles. The van der Waals surface area contributed by atoms with Crippen molar-refractivity contribution in [3.63, 3.8) is 0 Å². The van der Waals surface area contributed by atoms with Gasteiger partial charge in [0.05, 0.1) is 0 Å². The van der Waals surface area contributed by atoms with E-state index in [9.17, 15) is 5.11 Å². The van der Waals surface area contributed by atoms with Crippen molar-refractivity contribution in [1.29, 1.82) is 0 Å². The molecule has 0 amide bonds. The van der Waals surface area contributed by atoms with Crippen molar-refractivity contribution in [3.05, 3.63) is 28.8 Å². The van der Waals surface area contributed by atoms with Crippen molar-refractivity contribution in [2.45, 2.75) is 53.0 Å². The summed E-state index contributed by atoms with van der Waals surface area (Å²) in [5, 5.41) is 9.48. The van der Waals surface area contributed by atoms with Crippen molar-refractivity contribution in [2.24, 2.45) is 5.92 Å². The van der Waals surface area contributed by atoms with Crippen LogP contribution in [0.1, 0.15) is 43.4 Å². The molecule has 0 saturated carbocycles. The van der Waals surface area contributed by atoms with Gasteiger partial charge in [0, 0.05) is 24.4 Å². The van der Waals surface area contributed by atoms with E-state index < -0.39 is 0 Å². The van der Waals surface area contributed by atoms with E-state index in [4.69, 9.17) is 0 Å². The van der Waals surface area contributed by atoms with Crippen LogP contribution in [0.25, 0.3) is 0 Å². The summed E-state index contributed by atoms with van der Waals surface area (Å²) in [4.78, 5) is 2.52. The molecule has 106 valence electrons. The first kappa shape index (κ1) is 14.4. The summed E-state index contributed by atoms with van der Waals surface area (Å²) in [6.07, 6.45) is 2.27.